The van der Waals surface area contributed by atoms with Gasteiger partial charge in [0, 0.05) is 37.5 Å². The molecular formula is C22H24N6O2. The molecule has 154 valence electrons. The molecule has 1 amide bonds. The highest BCUT2D eigenvalue weighted by atomic mass is 16.5. The second-order valence-corrected chi connectivity index (χ2v) is 7.06. The van der Waals surface area contributed by atoms with E-state index in [4.69, 9.17) is 4.74 Å². The van der Waals surface area contributed by atoms with Crippen LogP contribution in [0.3, 0.4) is 0 Å². The number of carbonyl (C=O) groups excluding carboxylic acids is 1. The molecule has 0 aliphatic carbocycles. The summed E-state index contributed by atoms with van der Waals surface area (Å²) in [6.07, 6.45) is 6.33. The molecule has 0 bridgehead atoms. The van der Waals surface area contributed by atoms with E-state index in [0.29, 0.717) is 30.9 Å². The highest BCUT2D eigenvalue weighted by molar-refractivity contribution is 5.94. The van der Waals surface area contributed by atoms with E-state index >= 15 is 0 Å². The summed E-state index contributed by atoms with van der Waals surface area (Å²) >= 11 is 0. The number of hydrogen-bond acceptors (Lipinski definition) is 5. The van der Waals surface area contributed by atoms with Crippen LogP contribution < -0.4 is 10.1 Å². The van der Waals surface area contributed by atoms with Crippen LogP contribution in [-0.2, 0) is 19.6 Å². The fraction of sp³-hybridized carbons (Fsp3) is 0.273. The Kier molecular flexibility index (Phi) is 5.74. The normalized spacial score (nSPS) is 11.0. The van der Waals surface area contributed by atoms with E-state index in [1.165, 1.54) is 5.56 Å². The molecule has 30 heavy (non-hydrogen) atoms. The van der Waals surface area contributed by atoms with Gasteiger partial charge in [-0.1, -0.05) is 6.07 Å². The van der Waals surface area contributed by atoms with E-state index in [2.05, 4.69) is 20.5 Å². The number of aryl methyl sites for hydroxylation is 2. The van der Waals surface area contributed by atoms with Crippen LogP contribution in [0.25, 0.3) is 5.65 Å². The van der Waals surface area contributed by atoms with Crippen LogP contribution in [0.1, 0.15) is 34.4 Å². The molecule has 0 radical (unpaired) electrons. The van der Waals surface area contributed by atoms with Crippen molar-refractivity contribution < 1.29 is 9.53 Å². The molecule has 3 aromatic heterocycles. The van der Waals surface area contributed by atoms with Crippen molar-refractivity contribution in [2.75, 3.05) is 6.54 Å². The number of hydrogen-bond donors (Lipinski definition) is 1. The largest absolute Gasteiger partial charge is 0.487 e. The van der Waals surface area contributed by atoms with Crippen LogP contribution in [0, 0.1) is 6.92 Å². The van der Waals surface area contributed by atoms with Gasteiger partial charge in [-0.2, -0.15) is 0 Å². The van der Waals surface area contributed by atoms with Crippen LogP contribution in [0.15, 0.2) is 55.1 Å². The molecule has 0 fully saturated rings. The summed E-state index contributed by atoms with van der Waals surface area (Å²) in [7, 11) is 0. The first-order valence-electron chi connectivity index (χ1n) is 9.94. The van der Waals surface area contributed by atoms with Gasteiger partial charge < -0.3 is 19.0 Å². The maximum Gasteiger partial charge on any atom is 0.251 e. The summed E-state index contributed by atoms with van der Waals surface area (Å²) in [5, 5.41) is 10.9. The number of pyridine rings is 1. The number of aromatic nitrogens is 5. The van der Waals surface area contributed by atoms with Crippen molar-refractivity contribution >= 4 is 11.6 Å². The van der Waals surface area contributed by atoms with Crippen molar-refractivity contribution in [2.24, 2.45) is 0 Å². The molecule has 0 saturated heterocycles. The minimum Gasteiger partial charge on any atom is -0.487 e. The summed E-state index contributed by atoms with van der Waals surface area (Å²) in [5.74, 6) is 1.43. The molecule has 0 unspecified atom stereocenters. The smallest absolute Gasteiger partial charge is 0.251 e. The summed E-state index contributed by atoms with van der Waals surface area (Å²) in [6, 6.07) is 11.1. The van der Waals surface area contributed by atoms with E-state index in [9.17, 15) is 4.79 Å². The van der Waals surface area contributed by atoms with Crippen LogP contribution >= 0.6 is 0 Å². The molecule has 0 aliphatic rings. The minimum atomic E-state index is -0.125. The first kappa shape index (κ1) is 19.6. The van der Waals surface area contributed by atoms with Crippen LogP contribution in [0.5, 0.6) is 5.75 Å². The Bertz CT molecular complexity index is 1150. The van der Waals surface area contributed by atoms with Gasteiger partial charge in [0.2, 0.25) is 0 Å². The lowest BCUT2D eigenvalue weighted by Crippen LogP contribution is -2.26. The van der Waals surface area contributed by atoms with Crippen molar-refractivity contribution in [3.8, 4) is 5.75 Å². The number of rotatable bonds is 8. The van der Waals surface area contributed by atoms with Gasteiger partial charge >= 0.3 is 0 Å². The molecule has 4 rings (SSSR count). The summed E-state index contributed by atoms with van der Waals surface area (Å²) < 4.78 is 9.77. The molecule has 0 atom stereocenters. The van der Waals surface area contributed by atoms with Crippen molar-refractivity contribution in [1.82, 2.24) is 29.5 Å². The van der Waals surface area contributed by atoms with E-state index < -0.39 is 0 Å². The lowest BCUT2D eigenvalue weighted by Gasteiger charge is -2.07. The maximum absolute atomic E-state index is 12.3. The highest BCUT2D eigenvalue weighted by Gasteiger charge is 2.08. The Morgan fingerprint density at radius 3 is 2.77 bits per heavy atom. The number of nitrogens with one attached hydrogen (secondary N) is 1. The fourth-order valence-electron chi connectivity index (χ4n) is 3.21. The number of imidazole rings is 1. The van der Waals surface area contributed by atoms with Crippen molar-refractivity contribution in [3.05, 3.63) is 77.8 Å². The summed E-state index contributed by atoms with van der Waals surface area (Å²) in [4.78, 5) is 16.9. The maximum atomic E-state index is 12.3. The van der Waals surface area contributed by atoms with Gasteiger partial charge in [0.1, 0.15) is 30.2 Å². The van der Waals surface area contributed by atoms with Gasteiger partial charge in [0.15, 0.2) is 0 Å². The van der Waals surface area contributed by atoms with E-state index in [-0.39, 0.29) is 5.91 Å². The number of benzene rings is 1. The van der Waals surface area contributed by atoms with Crippen molar-refractivity contribution in [3.63, 3.8) is 0 Å². The zero-order valence-corrected chi connectivity index (χ0v) is 17.1. The van der Waals surface area contributed by atoms with Crippen molar-refractivity contribution in [2.45, 2.75) is 33.4 Å². The number of fused-ring (bicyclic) bond motifs is 1. The predicted molar refractivity (Wildman–Crippen MR) is 112 cm³/mol. The molecule has 1 aromatic carbocycles. The molecule has 8 heteroatoms. The summed E-state index contributed by atoms with van der Waals surface area (Å²) in [6.45, 7) is 5.76. The van der Waals surface area contributed by atoms with Crippen LogP contribution in [-0.4, -0.2) is 36.6 Å². The minimum absolute atomic E-state index is 0.125. The second-order valence-electron chi connectivity index (χ2n) is 7.06. The van der Waals surface area contributed by atoms with Gasteiger partial charge in [-0.25, -0.2) is 4.98 Å². The highest BCUT2D eigenvalue weighted by Crippen LogP contribution is 2.15. The SMILES string of the molecule is CCn1cnnc1CCNC(=O)c1ccc(OCc2cn3cc(C)ccc3n2)cc1. The first-order chi connectivity index (χ1) is 14.6. The Morgan fingerprint density at radius 1 is 1.13 bits per heavy atom. The van der Waals surface area contributed by atoms with Gasteiger partial charge in [-0.3, -0.25) is 4.79 Å². The quantitative estimate of drug-likeness (QED) is 0.488. The molecule has 0 spiro atoms. The molecule has 8 nitrogen and oxygen atoms in total. The molecule has 0 aliphatic heterocycles. The molecule has 1 N–H and O–H groups in total. The predicted octanol–water partition coefficient (Wildman–Crippen LogP) is 2.81. The van der Waals surface area contributed by atoms with Crippen LogP contribution in [0.4, 0.5) is 0 Å². The Balaban J connectivity index is 1.29. The Morgan fingerprint density at radius 2 is 1.97 bits per heavy atom. The Labute approximate surface area is 174 Å². The number of nitrogens with zero attached hydrogens (tertiary/aromatic N) is 5. The third-order valence-corrected chi connectivity index (χ3v) is 4.82. The monoisotopic (exact) mass is 404 g/mol. The lowest BCUT2D eigenvalue weighted by atomic mass is 10.2. The molecular weight excluding hydrogens is 380 g/mol. The van der Waals surface area contributed by atoms with Gasteiger partial charge in [0.05, 0.1) is 5.69 Å². The van der Waals surface area contributed by atoms with Gasteiger partial charge in [-0.15, -0.1) is 10.2 Å². The van der Waals surface area contributed by atoms with E-state index in [1.54, 1.807) is 30.6 Å². The third kappa shape index (κ3) is 4.48. The van der Waals surface area contributed by atoms with Gasteiger partial charge in [0.25, 0.3) is 5.91 Å². The zero-order valence-electron chi connectivity index (χ0n) is 17.1. The van der Waals surface area contributed by atoms with E-state index in [0.717, 1.165) is 23.7 Å². The Hall–Kier alpha value is -3.68. The fourth-order valence-corrected chi connectivity index (χ4v) is 3.21. The van der Waals surface area contributed by atoms with Crippen molar-refractivity contribution in [1.29, 1.82) is 0 Å². The number of ether oxygens (including phenoxy) is 1. The average Bonchev–Trinajstić information content (AvgIpc) is 3.38. The molecule has 0 saturated carbocycles. The lowest BCUT2D eigenvalue weighted by molar-refractivity contribution is 0.0954. The van der Waals surface area contributed by atoms with Crippen LogP contribution in [0.2, 0.25) is 0 Å². The zero-order chi connectivity index (χ0) is 20.9. The summed E-state index contributed by atoms with van der Waals surface area (Å²) in [5.41, 5.74) is 3.50. The molecule has 3 heterocycles. The number of carbonyl (C=O) groups is 1. The average molecular weight is 404 g/mol. The molecule has 4 aromatic rings. The van der Waals surface area contributed by atoms with E-state index in [1.807, 2.05) is 47.3 Å². The number of amides is 1. The second kappa shape index (κ2) is 8.77. The third-order valence-electron chi connectivity index (χ3n) is 4.82. The van der Waals surface area contributed by atoms with Gasteiger partial charge in [-0.05, 0) is 49.7 Å². The topological polar surface area (TPSA) is 86.3 Å². The standard InChI is InChI=1S/C22H24N6O2/c1-3-27-15-24-26-21(27)10-11-23-22(29)17-5-7-19(8-6-17)30-14-18-13-28-12-16(2)4-9-20(28)25-18/h4-9,12-13,15H,3,10-11,14H2,1-2H3,(H,23,29). The first-order valence-corrected chi connectivity index (χ1v) is 9.94.